The van der Waals surface area contributed by atoms with E-state index in [-0.39, 0.29) is 60.7 Å². The van der Waals surface area contributed by atoms with E-state index < -0.39 is 108 Å². The highest BCUT2D eigenvalue weighted by Gasteiger charge is 2.37. The Hall–Kier alpha value is -7.85. The predicted molar refractivity (Wildman–Crippen MR) is 334 cm³/mol. The zero-order valence-electron chi connectivity index (χ0n) is 47.7. The highest BCUT2D eigenvalue weighted by Crippen LogP contribution is 2.25. The van der Waals surface area contributed by atoms with E-state index in [4.69, 9.17) is 23.1 Å². The molecule has 0 aromatic heterocycles. The maximum atomic E-state index is 15.1. The lowest BCUT2D eigenvalue weighted by Gasteiger charge is -2.29. The summed E-state index contributed by atoms with van der Waals surface area (Å²) in [6.45, 7) is 1.75. The first-order chi connectivity index (χ1) is 41.6. The molecule has 5 aromatic carbocycles. The van der Waals surface area contributed by atoms with Crippen molar-refractivity contribution in [2.75, 3.05) is 25.1 Å². The van der Waals surface area contributed by atoms with E-state index in [0.29, 0.717) is 46.7 Å². The van der Waals surface area contributed by atoms with E-state index >= 15 is 4.79 Å². The lowest BCUT2D eigenvalue weighted by Crippen LogP contribution is -2.62. The fraction of sp³-hybridized carbons (Fsp3) is 0.350. The molecule has 9 atom stereocenters. The zero-order chi connectivity index (χ0) is 63.0. The Morgan fingerprint density at radius 2 is 1.15 bits per heavy atom. The second-order valence-corrected chi connectivity index (χ2v) is 24.5. The molecule has 1 aliphatic rings. The number of phenolic OH excluding ortho intramolecular Hbond substituents is 2. The lowest BCUT2D eigenvalue weighted by molar-refractivity contribution is -0.136. The van der Waals surface area contributed by atoms with Crippen molar-refractivity contribution in [3.8, 4) is 11.5 Å². The van der Waals surface area contributed by atoms with E-state index in [0.717, 1.165) is 26.5 Å². The van der Waals surface area contributed by atoms with Gasteiger partial charge >= 0.3 is 0 Å². The van der Waals surface area contributed by atoms with Crippen molar-refractivity contribution in [2.45, 2.75) is 111 Å². The summed E-state index contributed by atoms with van der Waals surface area (Å²) in [4.78, 5) is 129. The van der Waals surface area contributed by atoms with Gasteiger partial charge in [-0.05, 0) is 141 Å². The molecule has 464 valence electrons. The van der Waals surface area contributed by atoms with Gasteiger partial charge < -0.3 is 69.3 Å². The summed E-state index contributed by atoms with van der Waals surface area (Å²) in [5, 5.41) is 53.6. The van der Waals surface area contributed by atoms with Crippen molar-refractivity contribution >= 4 is 98.3 Å². The molecule has 1 fully saturated rings. The van der Waals surface area contributed by atoms with E-state index in [9.17, 15) is 53.7 Å². The van der Waals surface area contributed by atoms with Crippen LogP contribution in [0.25, 0.3) is 0 Å². The molecule has 1 saturated heterocycles. The van der Waals surface area contributed by atoms with Gasteiger partial charge in [-0.1, -0.05) is 99.9 Å². The first-order valence-corrected chi connectivity index (χ1v) is 31.5. The third kappa shape index (κ3) is 22.4. The summed E-state index contributed by atoms with van der Waals surface area (Å²) in [6, 6.07) is 22.0. The first kappa shape index (κ1) is 68.3. The number of carbonyl (C=O) groups excluding carboxylic acids is 9. The van der Waals surface area contributed by atoms with Crippen LogP contribution in [0.5, 0.6) is 11.5 Å². The molecule has 27 heteroatoms. The normalized spacial score (nSPS) is 20.2. The second kappa shape index (κ2) is 34.5. The molecule has 87 heavy (non-hydrogen) atoms. The molecule has 0 bridgehead atoms. The number of amides is 9. The maximum absolute atomic E-state index is 15.1. The number of halogens is 1. The maximum Gasteiger partial charge on any atom is 0.248 e. The zero-order valence-corrected chi connectivity index (χ0v) is 50.9. The number of rotatable bonds is 23. The minimum Gasteiger partial charge on any atom is -0.508 e. The standard InChI is InChI=1S/C60H72ClN11O12S3/c1-34(73)51-60(84)70-50(58(82)66-45(53(63)77)28-37-15-23-41(74)24-16-37)33-86-85-32-49(69-57(81)48(31-36-13-21-40(61)22-14-36)72-87-43-8-4-3-5-9-43)59(83)68-47(30-38-17-25-42(75)26-18-38)56(80)67-46(29-35-11-19-39(20-12-35)52(62)76)55(79)65-44(54(78)71-51)10-6-7-27-64-2/h3-5,8-9,11-26,34,44-51,64,72-75H,6-7,10,27-33H2,1-2H3,(H2,62,76)(H2,63,77)(H,65,79)(H,66,82)(H,67,80)(H,68,83)(H,69,81)(H,70,84)(H,71,78)/t34-,44+,45-,46-,47+,48+,49-,50+,51+/m1/s1. The molecule has 6 rings (SSSR count). The van der Waals surface area contributed by atoms with Crippen LogP contribution in [0.1, 0.15) is 58.8 Å². The quantitative estimate of drug-likeness (QED) is 0.0252. The van der Waals surface area contributed by atoms with E-state index in [1.165, 1.54) is 91.7 Å². The summed E-state index contributed by atoms with van der Waals surface area (Å²) >= 11 is 7.40. The van der Waals surface area contributed by atoms with Gasteiger partial charge in [-0.25, -0.2) is 4.72 Å². The largest absolute Gasteiger partial charge is 0.508 e. The molecule has 0 unspecified atom stereocenters. The van der Waals surface area contributed by atoms with Crippen LogP contribution in [-0.4, -0.2) is 148 Å². The number of unbranched alkanes of at least 4 members (excludes halogenated alkanes) is 1. The minimum absolute atomic E-state index is 0.0104. The van der Waals surface area contributed by atoms with Crippen LogP contribution >= 0.6 is 45.1 Å². The Balaban J connectivity index is 1.43. The van der Waals surface area contributed by atoms with Gasteiger partial charge in [-0.15, -0.1) is 0 Å². The van der Waals surface area contributed by atoms with Gasteiger partial charge in [0, 0.05) is 46.2 Å². The number of nitrogens with two attached hydrogens (primary N) is 2. The minimum atomic E-state index is -1.76. The van der Waals surface area contributed by atoms with Crippen LogP contribution in [0, 0.1) is 0 Å². The van der Waals surface area contributed by atoms with Crippen molar-refractivity contribution < 1.29 is 58.5 Å². The molecule has 0 radical (unpaired) electrons. The smallest absolute Gasteiger partial charge is 0.248 e. The van der Waals surface area contributed by atoms with Crippen molar-refractivity contribution in [1.29, 1.82) is 0 Å². The predicted octanol–water partition coefficient (Wildman–Crippen LogP) is 1.83. The van der Waals surface area contributed by atoms with Crippen LogP contribution in [0.15, 0.2) is 132 Å². The number of aliphatic hydroxyl groups is 1. The molecule has 0 spiro atoms. The Labute approximate surface area is 520 Å². The molecule has 16 N–H and O–H groups in total. The van der Waals surface area contributed by atoms with Gasteiger partial charge in [0.05, 0.1) is 6.10 Å². The lowest BCUT2D eigenvalue weighted by atomic mass is 10.00. The molecule has 23 nitrogen and oxygen atoms in total. The van der Waals surface area contributed by atoms with Crippen LogP contribution in [0.3, 0.4) is 0 Å². The molecular formula is C60H72ClN11O12S3. The molecule has 5 aromatic rings. The van der Waals surface area contributed by atoms with Crippen LogP contribution < -0.4 is 58.7 Å². The van der Waals surface area contributed by atoms with E-state index in [1.54, 1.807) is 31.3 Å². The number of phenols is 2. The molecule has 0 saturated carbocycles. The first-order valence-electron chi connectivity index (χ1n) is 27.8. The summed E-state index contributed by atoms with van der Waals surface area (Å²) in [5.74, 6) is -8.51. The fourth-order valence-corrected chi connectivity index (χ4v) is 12.1. The Morgan fingerprint density at radius 3 is 1.71 bits per heavy atom. The van der Waals surface area contributed by atoms with Gasteiger partial charge in [-0.3, -0.25) is 43.2 Å². The Morgan fingerprint density at radius 1 is 0.632 bits per heavy atom. The summed E-state index contributed by atoms with van der Waals surface area (Å²) in [5.41, 5.74) is 13.6. The number of carbonyl (C=O) groups is 9. The number of aromatic hydroxyl groups is 2. The number of primary amides is 2. The third-order valence-corrected chi connectivity index (χ3v) is 17.4. The van der Waals surface area contributed by atoms with Gasteiger partial charge in [-0.2, -0.15) is 0 Å². The Kier molecular flexibility index (Phi) is 27.1. The van der Waals surface area contributed by atoms with Crippen molar-refractivity contribution in [3.05, 3.63) is 160 Å². The SMILES string of the molecule is CNCCCC[C@@H]1NC(=O)[C@@H](Cc2ccc(C(N)=O)cc2)NC(=O)[C@H](Cc2ccc(O)cc2)NC(=O)[C@H](NC(=O)[C@H](Cc2ccc(Cl)cc2)NSc2ccccc2)CSSC[C@@H](C(=O)N[C@H](Cc2ccc(O)cc2)C(N)=O)NC(=O)[C@H]([C@@H](C)O)NC1=O. The topological polar surface area (TPSA) is 375 Å². The van der Waals surface area contributed by atoms with Gasteiger partial charge in [0.15, 0.2) is 0 Å². The molecule has 0 aliphatic carbocycles. The number of aliphatic hydroxyl groups excluding tert-OH is 1. The van der Waals surface area contributed by atoms with Crippen molar-refractivity contribution in [3.63, 3.8) is 0 Å². The molecule has 1 heterocycles. The van der Waals surface area contributed by atoms with Gasteiger partial charge in [0.2, 0.25) is 53.2 Å². The van der Waals surface area contributed by atoms with Crippen LogP contribution in [0.4, 0.5) is 0 Å². The van der Waals surface area contributed by atoms with Gasteiger partial charge in [0.1, 0.15) is 59.8 Å². The van der Waals surface area contributed by atoms with E-state index in [1.807, 2.05) is 30.3 Å². The highest BCUT2D eigenvalue weighted by atomic mass is 35.5. The average molecular weight is 1270 g/mol. The molecule has 1 aliphatic heterocycles. The number of nitrogens with one attached hydrogen (secondary N) is 9. The molecular weight excluding hydrogens is 1200 g/mol. The van der Waals surface area contributed by atoms with Crippen molar-refractivity contribution in [1.82, 2.24) is 47.3 Å². The van der Waals surface area contributed by atoms with Gasteiger partial charge in [0.25, 0.3) is 0 Å². The summed E-state index contributed by atoms with van der Waals surface area (Å²) in [7, 11) is 3.69. The number of benzene rings is 5. The van der Waals surface area contributed by atoms with Crippen LogP contribution in [-0.2, 0) is 64.0 Å². The van der Waals surface area contributed by atoms with E-state index in [2.05, 4.69) is 47.3 Å². The summed E-state index contributed by atoms with van der Waals surface area (Å²) < 4.78 is 3.22. The second-order valence-electron chi connectivity index (χ2n) is 20.6. The average Bonchev–Trinajstić information content (AvgIpc) is 3.65. The molecule has 9 amide bonds. The monoisotopic (exact) mass is 1270 g/mol. The summed E-state index contributed by atoms with van der Waals surface area (Å²) in [6.07, 6.45) is -1.22. The fourth-order valence-electron chi connectivity index (χ4n) is 8.89. The third-order valence-electron chi connectivity index (χ3n) is 13.8. The van der Waals surface area contributed by atoms with Crippen molar-refractivity contribution in [2.24, 2.45) is 11.5 Å². The number of hydrogen-bond donors (Lipinski definition) is 14. The number of hydrogen-bond acceptors (Lipinski definition) is 17. The van der Waals surface area contributed by atoms with Crippen LogP contribution in [0.2, 0.25) is 5.02 Å². The Bertz CT molecular complexity index is 3140. The highest BCUT2D eigenvalue weighted by molar-refractivity contribution is 8.76.